The third-order valence-corrected chi connectivity index (χ3v) is 2.96. The van der Waals surface area contributed by atoms with Gasteiger partial charge in [0.05, 0.1) is 0 Å². The van der Waals surface area contributed by atoms with E-state index in [-0.39, 0.29) is 11.9 Å². The van der Waals surface area contributed by atoms with Crippen molar-refractivity contribution in [3.63, 3.8) is 0 Å². The molecule has 0 saturated heterocycles. The van der Waals surface area contributed by atoms with Gasteiger partial charge in [0, 0.05) is 18.5 Å². The monoisotopic (exact) mass is 268 g/mol. The van der Waals surface area contributed by atoms with Gasteiger partial charge in [0.25, 0.3) is 0 Å². The number of nitrogens with one attached hydrogen (secondary N) is 2. The van der Waals surface area contributed by atoms with E-state index in [9.17, 15) is 4.79 Å². The number of hydrogen-bond donors (Lipinski definition) is 2. The van der Waals surface area contributed by atoms with E-state index >= 15 is 0 Å². The summed E-state index contributed by atoms with van der Waals surface area (Å²) in [4.78, 5) is 20.2. The molecular weight excluding hydrogens is 252 g/mol. The molecule has 0 aromatic carbocycles. The van der Waals surface area contributed by atoms with Crippen molar-refractivity contribution in [2.24, 2.45) is 0 Å². The van der Waals surface area contributed by atoms with Gasteiger partial charge in [0.15, 0.2) is 0 Å². The van der Waals surface area contributed by atoms with Crippen LogP contribution in [0.5, 0.6) is 0 Å². The Morgan fingerprint density at radius 3 is 2.89 bits per heavy atom. The highest BCUT2D eigenvalue weighted by Crippen LogP contribution is 2.38. The molecule has 1 aromatic heterocycles. The third-order valence-electron chi connectivity index (χ3n) is 2.76. The Morgan fingerprint density at radius 2 is 2.28 bits per heavy atom. The predicted octanol–water partition coefficient (Wildman–Crippen LogP) is 1.94. The minimum Gasteiger partial charge on any atom is -0.358 e. The predicted molar refractivity (Wildman–Crippen MR) is 70.8 cm³/mol. The Kier molecular flexibility index (Phi) is 4.01. The second-order valence-corrected chi connectivity index (χ2v) is 4.86. The molecule has 1 heterocycles. The van der Waals surface area contributed by atoms with Crippen molar-refractivity contribution < 1.29 is 4.79 Å². The summed E-state index contributed by atoms with van der Waals surface area (Å²) in [6, 6.07) is 1.30. The first-order chi connectivity index (χ1) is 8.60. The minimum absolute atomic E-state index is 0.0554. The van der Waals surface area contributed by atoms with E-state index in [4.69, 9.17) is 11.6 Å². The molecule has 0 aliphatic heterocycles. The average Bonchev–Trinajstić information content (AvgIpc) is 3.12. The zero-order valence-electron chi connectivity index (χ0n) is 10.5. The summed E-state index contributed by atoms with van der Waals surface area (Å²) < 4.78 is 0. The summed E-state index contributed by atoms with van der Waals surface area (Å²) in [6.45, 7) is 4.29. The van der Waals surface area contributed by atoms with Gasteiger partial charge >= 0.3 is 0 Å². The standard InChI is InChI=1S/C12H17ClN4O/c1-3-14-12(18)7(2)15-10-6-9(13)16-11(17-10)8-4-5-8/h6-8H,3-5H2,1-2H3,(H,14,18)(H,15,16,17). The van der Waals surface area contributed by atoms with Crippen molar-refractivity contribution in [3.8, 4) is 0 Å². The number of rotatable bonds is 5. The molecule has 1 fully saturated rings. The summed E-state index contributed by atoms with van der Waals surface area (Å²) >= 11 is 5.95. The molecule has 1 atom stereocenters. The van der Waals surface area contributed by atoms with Crippen molar-refractivity contribution >= 4 is 23.3 Å². The van der Waals surface area contributed by atoms with Crippen LogP contribution >= 0.6 is 11.6 Å². The van der Waals surface area contributed by atoms with Gasteiger partial charge in [-0.05, 0) is 26.7 Å². The molecule has 98 valence electrons. The van der Waals surface area contributed by atoms with Gasteiger partial charge < -0.3 is 10.6 Å². The Labute approximate surface area is 111 Å². The number of carbonyl (C=O) groups excluding carboxylic acids is 1. The number of anilines is 1. The summed E-state index contributed by atoms with van der Waals surface area (Å²) in [5.74, 6) is 1.76. The quantitative estimate of drug-likeness (QED) is 0.801. The molecule has 1 amide bonds. The van der Waals surface area contributed by atoms with Crippen LogP contribution in [-0.2, 0) is 4.79 Å². The van der Waals surface area contributed by atoms with Crippen molar-refractivity contribution in [3.05, 3.63) is 17.0 Å². The summed E-state index contributed by atoms with van der Waals surface area (Å²) in [6.07, 6.45) is 2.23. The second kappa shape index (κ2) is 5.52. The van der Waals surface area contributed by atoms with E-state index in [1.165, 1.54) is 0 Å². The van der Waals surface area contributed by atoms with E-state index in [0.717, 1.165) is 18.7 Å². The van der Waals surface area contributed by atoms with Gasteiger partial charge in [0.1, 0.15) is 22.8 Å². The number of aromatic nitrogens is 2. The topological polar surface area (TPSA) is 66.9 Å². The molecule has 1 saturated carbocycles. The fourth-order valence-corrected chi connectivity index (χ4v) is 1.84. The lowest BCUT2D eigenvalue weighted by Crippen LogP contribution is -2.37. The molecule has 0 radical (unpaired) electrons. The molecule has 2 rings (SSSR count). The Morgan fingerprint density at radius 1 is 1.56 bits per heavy atom. The lowest BCUT2D eigenvalue weighted by Gasteiger charge is -2.14. The molecule has 2 N–H and O–H groups in total. The maximum absolute atomic E-state index is 11.6. The molecule has 6 heteroatoms. The molecular formula is C12H17ClN4O. The van der Waals surface area contributed by atoms with Crippen LogP contribution < -0.4 is 10.6 Å². The van der Waals surface area contributed by atoms with Gasteiger partial charge in [-0.25, -0.2) is 9.97 Å². The van der Waals surface area contributed by atoms with Crippen LogP contribution in [0.25, 0.3) is 0 Å². The maximum atomic E-state index is 11.6. The average molecular weight is 269 g/mol. The number of halogens is 1. The van der Waals surface area contributed by atoms with E-state index < -0.39 is 0 Å². The Hall–Kier alpha value is -1.36. The normalized spacial score (nSPS) is 16.2. The Bertz CT molecular complexity index is 448. The summed E-state index contributed by atoms with van der Waals surface area (Å²) in [7, 11) is 0. The number of hydrogen-bond acceptors (Lipinski definition) is 4. The van der Waals surface area contributed by atoms with Gasteiger partial charge in [-0.15, -0.1) is 0 Å². The number of likely N-dealkylation sites (N-methyl/N-ethyl adjacent to an activating group) is 1. The highest BCUT2D eigenvalue weighted by atomic mass is 35.5. The zero-order chi connectivity index (χ0) is 13.1. The molecule has 0 bridgehead atoms. The van der Waals surface area contributed by atoms with Crippen LogP contribution in [0, 0.1) is 0 Å². The van der Waals surface area contributed by atoms with E-state index in [2.05, 4.69) is 20.6 Å². The van der Waals surface area contributed by atoms with E-state index in [0.29, 0.717) is 23.4 Å². The number of amides is 1. The third kappa shape index (κ3) is 3.32. The van der Waals surface area contributed by atoms with Gasteiger partial charge in [-0.2, -0.15) is 0 Å². The molecule has 0 spiro atoms. The van der Waals surface area contributed by atoms with Crippen LogP contribution in [-0.4, -0.2) is 28.5 Å². The van der Waals surface area contributed by atoms with Crippen molar-refractivity contribution in [2.75, 3.05) is 11.9 Å². The first-order valence-electron chi connectivity index (χ1n) is 6.19. The largest absolute Gasteiger partial charge is 0.358 e. The van der Waals surface area contributed by atoms with Crippen molar-refractivity contribution in [1.29, 1.82) is 0 Å². The lowest BCUT2D eigenvalue weighted by atomic mass is 10.3. The van der Waals surface area contributed by atoms with Gasteiger partial charge in [-0.1, -0.05) is 11.6 Å². The first-order valence-corrected chi connectivity index (χ1v) is 6.56. The highest BCUT2D eigenvalue weighted by molar-refractivity contribution is 6.29. The van der Waals surface area contributed by atoms with Crippen LogP contribution in [0.2, 0.25) is 5.15 Å². The maximum Gasteiger partial charge on any atom is 0.242 e. The first kappa shape index (κ1) is 13.1. The number of nitrogens with zero attached hydrogens (tertiary/aromatic N) is 2. The fraction of sp³-hybridized carbons (Fsp3) is 0.583. The fourth-order valence-electron chi connectivity index (χ4n) is 1.65. The smallest absolute Gasteiger partial charge is 0.242 e. The molecule has 5 nitrogen and oxygen atoms in total. The minimum atomic E-state index is -0.344. The highest BCUT2D eigenvalue weighted by Gasteiger charge is 2.27. The van der Waals surface area contributed by atoms with E-state index in [1.807, 2.05) is 6.92 Å². The van der Waals surface area contributed by atoms with Crippen molar-refractivity contribution in [1.82, 2.24) is 15.3 Å². The molecule has 18 heavy (non-hydrogen) atoms. The van der Waals surface area contributed by atoms with E-state index in [1.54, 1.807) is 13.0 Å². The van der Waals surface area contributed by atoms with Gasteiger partial charge in [-0.3, -0.25) is 4.79 Å². The molecule has 1 aliphatic carbocycles. The van der Waals surface area contributed by atoms with Crippen LogP contribution in [0.1, 0.15) is 38.4 Å². The van der Waals surface area contributed by atoms with Crippen LogP contribution in [0.4, 0.5) is 5.82 Å². The number of carbonyl (C=O) groups is 1. The second-order valence-electron chi connectivity index (χ2n) is 4.47. The zero-order valence-corrected chi connectivity index (χ0v) is 11.3. The van der Waals surface area contributed by atoms with Crippen LogP contribution in [0.3, 0.4) is 0 Å². The molecule has 1 aromatic rings. The van der Waals surface area contributed by atoms with Crippen LogP contribution in [0.15, 0.2) is 6.07 Å². The molecule has 1 unspecified atom stereocenters. The summed E-state index contributed by atoms with van der Waals surface area (Å²) in [5, 5.41) is 6.21. The Balaban J connectivity index is 2.06. The van der Waals surface area contributed by atoms with Gasteiger partial charge in [0.2, 0.25) is 5.91 Å². The van der Waals surface area contributed by atoms with Crippen molar-refractivity contribution in [2.45, 2.75) is 38.6 Å². The SMILES string of the molecule is CCNC(=O)C(C)Nc1cc(Cl)nc(C2CC2)n1. The lowest BCUT2D eigenvalue weighted by molar-refractivity contribution is -0.121. The molecule has 1 aliphatic rings. The summed E-state index contributed by atoms with van der Waals surface area (Å²) in [5.41, 5.74) is 0.